The van der Waals surface area contributed by atoms with Crippen LogP contribution < -0.4 is 24.2 Å². The Balaban J connectivity index is 1.15. The van der Waals surface area contributed by atoms with Gasteiger partial charge in [-0.1, -0.05) is 61.0 Å². The van der Waals surface area contributed by atoms with Crippen LogP contribution in [-0.4, -0.2) is 95.8 Å². The summed E-state index contributed by atoms with van der Waals surface area (Å²) in [5.41, 5.74) is 1.63. The molecule has 0 spiro atoms. The Labute approximate surface area is 350 Å². The number of sulfonamides is 1. The Morgan fingerprint density at radius 2 is 1.73 bits per heavy atom. The summed E-state index contributed by atoms with van der Waals surface area (Å²) in [6, 6.07) is 19.3. The third kappa shape index (κ3) is 8.11. The minimum atomic E-state index is -3.98. The van der Waals surface area contributed by atoms with Crippen LogP contribution >= 0.6 is 0 Å². The van der Waals surface area contributed by atoms with Crippen molar-refractivity contribution in [3.63, 3.8) is 0 Å². The van der Waals surface area contributed by atoms with Crippen molar-refractivity contribution in [2.24, 2.45) is 5.92 Å². The highest BCUT2D eigenvalue weighted by molar-refractivity contribution is 7.91. The number of ether oxygens (including phenoxy) is 3. The second-order valence-corrected chi connectivity index (χ2v) is 18.8. The lowest BCUT2D eigenvalue weighted by Gasteiger charge is -2.32. The van der Waals surface area contributed by atoms with Gasteiger partial charge in [0.15, 0.2) is 5.82 Å². The van der Waals surface area contributed by atoms with E-state index in [1.54, 1.807) is 26.0 Å². The number of hydrogen-bond acceptors (Lipinski definition) is 10. The van der Waals surface area contributed by atoms with E-state index in [-0.39, 0.29) is 25.4 Å². The summed E-state index contributed by atoms with van der Waals surface area (Å²) >= 11 is 0. The number of nitrogens with zero attached hydrogens (tertiary/aromatic N) is 4. The Bertz CT molecular complexity index is 2420. The number of nitrogens with one attached hydrogen (secondary N) is 2. The first-order valence-electron chi connectivity index (χ1n) is 20.7. The van der Waals surface area contributed by atoms with Gasteiger partial charge in [0.2, 0.25) is 21.8 Å². The number of urea groups is 1. The molecule has 4 aromatic rings. The molecule has 4 aliphatic rings. The van der Waals surface area contributed by atoms with Gasteiger partial charge in [-0.15, -0.1) is 0 Å². The molecule has 4 amide bonds. The van der Waals surface area contributed by atoms with Crippen molar-refractivity contribution < 1.29 is 37.0 Å². The first kappa shape index (κ1) is 41.1. The molecule has 2 aliphatic heterocycles. The largest absolute Gasteiger partial charge is 0.497 e. The van der Waals surface area contributed by atoms with Crippen molar-refractivity contribution in [1.29, 1.82) is 0 Å². The van der Waals surface area contributed by atoms with E-state index >= 15 is 0 Å². The third-order valence-electron chi connectivity index (χ3n) is 12.4. The summed E-state index contributed by atoms with van der Waals surface area (Å²) in [7, 11) is -0.783. The number of carbonyl (C=O) groups excluding carboxylic acids is 3. The standard InChI is InChI=1S/C45H52N6O8S/c1-29-37(58-4)21-20-35-38(29)46-39(31-13-9-8-10-14-31)47-41(35)59-34-25-36-40(52)48-45(42(53)49-60(55,56)44(2)22-23-44)26-32(45)15-11-6-5-7-12-24-50(43(54)51(36)28-34)27-30-16-18-33(57-3)19-17-30/h8-11,13-21,32,34,36H,5-7,12,22-28H2,1-4H3,(H,48,52)(H,49,53)/b15-11-/t32-,34-,36+,45-/m1/s1. The topological polar surface area (TPSA) is 169 Å². The fraction of sp³-hybridized carbons (Fsp3) is 0.444. The average molecular weight is 837 g/mol. The molecule has 60 heavy (non-hydrogen) atoms. The monoisotopic (exact) mass is 836 g/mol. The highest BCUT2D eigenvalue weighted by Gasteiger charge is 2.63. The zero-order chi connectivity index (χ0) is 42.2. The second kappa shape index (κ2) is 16.4. The van der Waals surface area contributed by atoms with Crippen molar-refractivity contribution >= 4 is 38.8 Å². The number of carbonyl (C=O) groups is 3. The van der Waals surface area contributed by atoms with E-state index in [0.717, 1.165) is 42.4 Å². The summed E-state index contributed by atoms with van der Waals surface area (Å²) in [6.45, 7) is 4.33. The maximum absolute atomic E-state index is 14.9. The van der Waals surface area contributed by atoms with Gasteiger partial charge in [-0.3, -0.25) is 14.3 Å². The number of benzene rings is 3. The van der Waals surface area contributed by atoms with Gasteiger partial charge in [-0.05, 0) is 82.2 Å². The normalized spacial score (nSPS) is 24.6. The van der Waals surface area contributed by atoms with Crippen LogP contribution in [0.3, 0.4) is 0 Å². The van der Waals surface area contributed by atoms with Crippen LogP contribution in [0, 0.1) is 12.8 Å². The Morgan fingerprint density at radius 3 is 2.45 bits per heavy atom. The molecular weight excluding hydrogens is 785 g/mol. The SMILES string of the molecule is COc1ccc(CN2CCCCC/C=C\[C@@H]3C[C@@]3(C(=O)NS(=O)(=O)C3(C)CC3)NC(=O)[C@@H]3C[C@@H](Oc4nc(-c5ccccc5)nc5c(C)c(OC)ccc45)CN3C2=O)cc1. The number of aryl methyl sites for hydroxylation is 1. The maximum atomic E-state index is 14.9. The van der Waals surface area contributed by atoms with Crippen LogP contribution in [0.2, 0.25) is 0 Å². The summed E-state index contributed by atoms with van der Waals surface area (Å²) in [5.74, 6) is 0.347. The van der Waals surface area contributed by atoms with E-state index in [1.807, 2.05) is 85.8 Å². The average Bonchev–Trinajstić information content (AvgIpc) is 4.13. The van der Waals surface area contributed by atoms with Crippen molar-refractivity contribution in [1.82, 2.24) is 29.8 Å². The van der Waals surface area contributed by atoms with Crippen LogP contribution in [0.15, 0.2) is 78.9 Å². The quantitative estimate of drug-likeness (QED) is 0.179. The van der Waals surface area contributed by atoms with Gasteiger partial charge >= 0.3 is 6.03 Å². The number of rotatable bonds is 10. The Kier molecular flexibility index (Phi) is 11.2. The van der Waals surface area contributed by atoms with Crippen molar-refractivity contribution in [2.75, 3.05) is 27.3 Å². The molecule has 0 radical (unpaired) electrons. The molecule has 4 atom stereocenters. The molecule has 2 aliphatic carbocycles. The van der Waals surface area contributed by atoms with E-state index in [4.69, 9.17) is 24.2 Å². The van der Waals surface area contributed by atoms with Crippen LogP contribution in [0.25, 0.3) is 22.3 Å². The van der Waals surface area contributed by atoms with Crippen LogP contribution in [0.5, 0.6) is 17.4 Å². The molecule has 0 bridgehead atoms. The molecule has 1 saturated heterocycles. The molecule has 1 aromatic heterocycles. The van der Waals surface area contributed by atoms with E-state index in [1.165, 1.54) is 4.90 Å². The number of fused-ring (bicyclic) bond motifs is 3. The predicted molar refractivity (Wildman–Crippen MR) is 226 cm³/mol. The summed E-state index contributed by atoms with van der Waals surface area (Å²) < 4.78 is 45.6. The van der Waals surface area contributed by atoms with Gasteiger partial charge in [-0.2, -0.15) is 4.98 Å². The zero-order valence-corrected chi connectivity index (χ0v) is 35.3. The molecule has 3 heterocycles. The van der Waals surface area contributed by atoms with Crippen LogP contribution in [0.4, 0.5) is 4.79 Å². The van der Waals surface area contributed by atoms with Crippen LogP contribution in [0.1, 0.15) is 69.4 Å². The molecule has 0 unspecified atom stereocenters. The van der Waals surface area contributed by atoms with Gasteiger partial charge in [0, 0.05) is 36.6 Å². The van der Waals surface area contributed by atoms with Crippen LogP contribution in [-0.2, 0) is 26.2 Å². The minimum Gasteiger partial charge on any atom is -0.497 e. The predicted octanol–water partition coefficient (Wildman–Crippen LogP) is 6.07. The second-order valence-electron chi connectivity index (χ2n) is 16.6. The molecule has 2 saturated carbocycles. The van der Waals surface area contributed by atoms with E-state index in [0.29, 0.717) is 60.0 Å². The highest BCUT2D eigenvalue weighted by atomic mass is 32.2. The summed E-state index contributed by atoms with van der Waals surface area (Å²) in [5, 5.41) is 3.62. The maximum Gasteiger partial charge on any atom is 0.321 e. The highest BCUT2D eigenvalue weighted by Crippen LogP contribution is 2.47. The zero-order valence-electron chi connectivity index (χ0n) is 34.5. The number of allylic oxidation sites excluding steroid dienone is 1. The lowest BCUT2D eigenvalue weighted by molar-refractivity contribution is -0.131. The van der Waals surface area contributed by atoms with Gasteiger partial charge in [0.05, 0.1) is 36.4 Å². The molecule has 316 valence electrons. The first-order chi connectivity index (χ1) is 28.8. The molecule has 3 aromatic carbocycles. The van der Waals surface area contributed by atoms with Gasteiger partial charge in [0.25, 0.3) is 5.91 Å². The third-order valence-corrected chi connectivity index (χ3v) is 14.6. The molecule has 3 fully saturated rings. The van der Waals surface area contributed by atoms with E-state index in [9.17, 15) is 22.8 Å². The Morgan fingerprint density at radius 1 is 0.967 bits per heavy atom. The Hall–Kier alpha value is -5.70. The van der Waals surface area contributed by atoms with Crippen molar-refractivity contribution in [3.8, 4) is 28.8 Å². The molecule has 2 N–H and O–H groups in total. The number of amides is 4. The summed E-state index contributed by atoms with van der Waals surface area (Å²) in [6.07, 6.45) is 7.64. The first-order valence-corrected chi connectivity index (χ1v) is 22.1. The smallest absolute Gasteiger partial charge is 0.321 e. The van der Waals surface area contributed by atoms with Crippen molar-refractivity contribution in [3.05, 3.63) is 90.0 Å². The fourth-order valence-electron chi connectivity index (χ4n) is 8.26. The van der Waals surface area contributed by atoms with Gasteiger partial charge in [0.1, 0.15) is 29.2 Å². The molecule has 14 nitrogen and oxygen atoms in total. The van der Waals surface area contributed by atoms with Crippen molar-refractivity contribution in [2.45, 2.75) is 94.2 Å². The number of methoxy groups -OCH3 is 2. The molecule has 15 heteroatoms. The molecular formula is C45H52N6O8S. The lowest BCUT2D eigenvalue weighted by Crippen LogP contribution is -2.58. The number of aromatic nitrogens is 2. The summed E-state index contributed by atoms with van der Waals surface area (Å²) in [4.78, 5) is 56.7. The molecule has 8 rings (SSSR count). The fourth-order valence-corrected chi connectivity index (χ4v) is 9.57. The van der Waals surface area contributed by atoms with Gasteiger partial charge in [-0.25, -0.2) is 18.2 Å². The minimum absolute atomic E-state index is 0.0482. The van der Waals surface area contributed by atoms with Gasteiger partial charge < -0.3 is 29.3 Å². The lowest BCUT2D eigenvalue weighted by atomic mass is 10.1. The number of hydrogen-bond donors (Lipinski definition) is 2. The van der Waals surface area contributed by atoms with E-state index in [2.05, 4.69) is 10.0 Å². The van der Waals surface area contributed by atoms with E-state index < -0.39 is 50.2 Å².